The molecular weight excluding hydrogens is 408 g/mol. The van der Waals surface area contributed by atoms with Crippen molar-refractivity contribution in [3.63, 3.8) is 0 Å². The highest BCUT2D eigenvalue weighted by Gasteiger charge is 2.13. The SMILES string of the molecule is C=C.C=C(CCc1ccc(C)c(C)c1)/C(=C/C(=C)c1ccc(C)cc1)c1cc(C)cc(C)c1C. The summed E-state index contributed by atoms with van der Waals surface area (Å²) in [6.07, 6.45) is 4.13. The minimum atomic E-state index is 0.919. The molecular formula is C34H40. The van der Waals surface area contributed by atoms with Gasteiger partial charge >= 0.3 is 0 Å². The number of hydrogen-bond acceptors (Lipinski definition) is 0. The van der Waals surface area contributed by atoms with Gasteiger partial charge in [-0.3, -0.25) is 0 Å². The molecule has 0 nitrogen and oxygen atoms in total. The van der Waals surface area contributed by atoms with Crippen molar-refractivity contribution in [3.8, 4) is 0 Å². The summed E-state index contributed by atoms with van der Waals surface area (Å²) in [6, 6.07) is 19.9. The lowest BCUT2D eigenvalue weighted by Crippen LogP contribution is -1.99. The molecule has 0 aromatic heterocycles. The normalized spacial score (nSPS) is 10.9. The van der Waals surface area contributed by atoms with Gasteiger partial charge in [0.1, 0.15) is 0 Å². The predicted octanol–water partition coefficient (Wildman–Crippen LogP) is 9.63. The second-order valence-corrected chi connectivity index (χ2v) is 9.23. The molecule has 176 valence electrons. The van der Waals surface area contributed by atoms with Gasteiger partial charge in [-0.2, -0.15) is 0 Å². The highest BCUT2D eigenvalue weighted by Crippen LogP contribution is 2.33. The lowest BCUT2D eigenvalue weighted by atomic mass is 9.87. The average molecular weight is 449 g/mol. The minimum absolute atomic E-state index is 0.919. The Kier molecular flexibility index (Phi) is 9.63. The Morgan fingerprint density at radius 2 is 1.35 bits per heavy atom. The number of rotatable bonds is 7. The van der Waals surface area contributed by atoms with E-state index in [9.17, 15) is 0 Å². The number of hydrogen-bond donors (Lipinski definition) is 0. The van der Waals surface area contributed by atoms with E-state index in [-0.39, 0.29) is 0 Å². The molecule has 0 aliphatic carbocycles. The van der Waals surface area contributed by atoms with E-state index in [2.05, 4.69) is 129 Å². The van der Waals surface area contributed by atoms with Gasteiger partial charge in [-0.05, 0) is 116 Å². The van der Waals surface area contributed by atoms with Crippen LogP contribution in [0.15, 0.2) is 92.6 Å². The van der Waals surface area contributed by atoms with E-state index in [4.69, 9.17) is 0 Å². The molecule has 0 saturated carbocycles. The molecule has 0 aliphatic heterocycles. The molecule has 0 heterocycles. The van der Waals surface area contributed by atoms with Gasteiger partial charge in [0, 0.05) is 0 Å². The summed E-state index contributed by atoms with van der Waals surface area (Å²) >= 11 is 0. The Labute approximate surface area is 208 Å². The predicted molar refractivity (Wildman–Crippen MR) is 153 cm³/mol. The maximum Gasteiger partial charge on any atom is -0.0147 e. The highest BCUT2D eigenvalue weighted by molar-refractivity contribution is 5.90. The van der Waals surface area contributed by atoms with Crippen LogP contribution >= 0.6 is 0 Å². The average Bonchev–Trinajstić information content (AvgIpc) is 2.82. The largest absolute Gasteiger partial charge is 0.106 e. The molecule has 34 heavy (non-hydrogen) atoms. The van der Waals surface area contributed by atoms with E-state index in [1.54, 1.807) is 0 Å². The fraction of sp³-hybridized carbons (Fsp3) is 0.235. The van der Waals surface area contributed by atoms with Crippen molar-refractivity contribution < 1.29 is 0 Å². The molecule has 0 bridgehead atoms. The van der Waals surface area contributed by atoms with Crippen LogP contribution < -0.4 is 0 Å². The van der Waals surface area contributed by atoms with Crippen LogP contribution in [0.3, 0.4) is 0 Å². The van der Waals surface area contributed by atoms with Crippen LogP contribution in [0.5, 0.6) is 0 Å². The first kappa shape index (κ1) is 26.9. The summed E-state index contributed by atoms with van der Waals surface area (Å²) < 4.78 is 0. The van der Waals surface area contributed by atoms with Gasteiger partial charge in [0.25, 0.3) is 0 Å². The van der Waals surface area contributed by atoms with Gasteiger partial charge in [0.05, 0.1) is 0 Å². The van der Waals surface area contributed by atoms with E-state index in [1.165, 1.54) is 50.1 Å². The lowest BCUT2D eigenvalue weighted by Gasteiger charge is -2.18. The van der Waals surface area contributed by atoms with Gasteiger partial charge < -0.3 is 0 Å². The maximum atomic E-state index is 4.54. The minimum Gasteiger partial charge on any atom is -0.106 e. The summed E-state index contributed by atoms with van der Waals surface area (Å²) in [5.74, 6) is 0. The van der Waals surface area contributed by atoms with Crippen LogP contribution in [0.4, 0.5) is 0 Å². The van der Waals surface area contributed by atoms with Crippen LogP contribution in [0.1, 0.15) is 56.5 Å². The summed E-state index contributed by atoms with van der Waals surface area (Å²) in [5.41, 5.74) is 15.0. The van der Waals surface area contributed by atoms with Gasteiger partial charge in [0.2, 0.25) is 0 Å². The van der Waals surface area contributed by atoms with Crippen LogP contribution in [0.2, 0.25) is 0 Å². The van der Waals surface area contributed by atoms with Crippen molar-refractivity contribution in [2.45, 2.75) is 54.4 Å². The number of allylic oxidation sites excluding steroid dienone is 4. The van der Waals surface area contributed by atoms with Gasteiger partial charge in [0.15, 0.2) is 0 Å². The van der Waals surface area contributed by atoms with Crippen molar-refractivity contribution in [1.29, 1.82) is 0 Å². The summed E-state index contributed by atoms with van der Waals surface area (Å²) in [7, 11) is 0. The quantitative estimate of drug-likeness (QED) is 0.249. The molecule has 0 fully saturated rings. The first-order valence-corrected chi connectivity index (χ1v) is 12.0. The molecule has 3 aromatic rings. The van der Waals surface area contributed by atoms with Crippen molar-refractivity contribution in [2.75, 3.05) is 0 Å². The maximum absolute atomic E-state index is 4.54. The third kappa shape index (κ3) is 6.81. The van der Waals surface area contributed by atoms with Crippen molar-refractivity contribution in [3.05, 3.63) is 143 Å². The van der Waals surface area contributed by atoms with Crippen LogP contribution in [-0.2, 0) is 6.42 Å². The highest BCUT2D eigenvalue weighted by atomic mass is 14.2. The molecule has 0 heteroatoms. The van der Waals surface area contributed by atoms with E-state index in [1.807, 2.05) is 0 Å². The topological polar surface area (TPSA) is 0 Å². The Hall–Kier alpha value is -3.38. The lowest BCUT2D eigenvalue weighted by molar-refractivity contribution is 0.968. The van der Waals surface area contributed by atoms with Crippen LogP contribution in [0.25, 0.3) is 11.1 Å². The van der Waals surface area contributed by atoms with Gasteiger partial charge in [-0.25, -0.2) is 0 Å². The van der Waals surface area contributed by atoms with Crippen LogP contribution in [-0.4, -0.2) is 0 Å². The smallest absolute Gasteiger partial charge is 0.0147 e. The zero-order valence-electron chi connectivity index (χ0n) is 22.0. The second kappa shape index (κ2) is 12.2. The molecule has 0 amide bonds. The Morgan fingerprint density at radius 3 is 1.97 bits per heavy atom. The van der Waals surface area contributed by atoms with Gasteiger partial charge in [-0.15, -0.1) is 13.2 Å². The fourth-order valence-corrected chi connectivity index (χ4v) is 4.10. The summed E-state index contributed by atoms with van der Waals surface area (Å²) in [6.45, 7) is 28.0. The first-order valence-electron chi connectivity index (χ1n) is 12.0. The summed E-state index contributed by atoms with van der Waals surface area (Å²) in [4.78, 5) is 0. The van der Waals surface area contributed by atoms with Gasteiger partial charge in [-0.1, -0.05) is 78.9 Å². The standard InChI is InChI=1S/C32H36.C2H4/c1-21-9-15-30(16-10-21)27(7)20-31(32-18-22(2)17-26(6)28(32)8)24(4)12-14-29-13-11-23(3)25(5)19-29;1-2/h9-11,13,15-20H,4,7,12,14H2,1-3,5-6,8H3;1-2H2/b31-20-;. The third-order valence-corrected chi connectivity index (χ3v) is 6.51. The molecule has 0 N–H and O–H groups in total. The molecule has 0 spiro atoms. The Morgan fingerprint density at radius 1 is 0.706 bits per heavy atom. The zero-order chi connectivity index (χ0) is 25.4. The second-order valence-electron chi connectivity index (χ2n) is 9.23. The Balaban J connectivity index is 0.00000199. The van der Waals surface area contributed by atoms with E-state index in [0.717, 1.165) is 29.6 Å². The first-order chi connectivity index (χ1) is 16.2. The Bertz CT molecular complexity index is 1200. The molecule has 3 rings (SSSR count). The van der Waals surface area contributed by atoms with Crippen molar-refractivity contribution in [1.82, 2.24) is 0 Å². The molecule has 0 atom stereocenters. The van der Waals surface area contributed by atoms with E-state index < -0.39 is 0 Å². The number of benzene rings is 3. The molecule has 3 aromatic carbocycles. The van der Waals surface area contributed by atoms with E-state index >= 15 is 0 Å². The molecule has 0 aliphatic rings. The zero-order valence-corrected chi connectivity index (χ0v) is 22.0. The van der Waals surface area contributed by atoms with Crippen molar-refractivity contribution >= 4 is 11.1 Å². The van der Waals surface area contributed by atoms with Crippen LogP contribution in [0, 0.1) is 41.5 Å². The molecule has 0 radical (unpaired) electrons. The van der Waals surface area contributed by atoms with E-state index in [0.29, 0.717) is 0 Å². The molecule has 0 unspecified atom stereocenters. The fourth-order valence-electron chi connectivity index (χ4n) is 4.10. The number of aryl methyl sites for hydroxylation is 6. The third-order valence-electron chi connectivity index (χ3n) is 6.51. The monoisotopic (exact) mass is 448 g/mol. The molecule has 0 saturated heterocycles. The van der Waals surface area contributed by atoms with Crippen molar-refractivity contribution in [2.24, 2.45) is 0 Å². The summed E-state index contributed by atoms with van der Waals surface area (Å²) in [5, 5.41) is 0.